The summed E-state index contributed by atoms with van der Waals surface area (Å²) in [5.41, 5.74) is 3.37. The molecule has 9 heteroatoms. The van der Waals surface area contributed by atoms with Crippen LogP contribution in [0.25, 0.3) is 11.1 Å². The van der Waals surface area contributed by atoms with Gasteiger partial charge < -0.3 is 15.2 Å². The molecule has 2 aliphatic carbocycles. The first-order chi connectivity index (χ1) is 15.5. The Labute approximate surface area is 187 Å². The molecule has 1 fully saturated rings. The summed E-state index contributed by atoms with van der Waals surface area (Å²) >= 11 is 1.06. The Morgan fingerprint density at radius 2 is 1.69 bits per heavy atom. The van der Waals surface area contributed by atoms with Crippen molar-refractivity contribution < 1.29 is 24.2 Å². The fraction of sp³-hybridized carbons (Fsp3) is 0.217. The van der Waals surface area contributed by atoms with Crippen molar-refractivity contribution in [1.82, 2.24) is 10.3 Å². The molecule has 1 saturated carbocycles. The van der Waals surface area contributed by atoms with Gasteiger partial charge in [0.1, 0.15) is 17.8 Å². The summed E-state index contributed by atoms with van der Waals surface area (Å²) in [6.07, 6.45) is 0.115. The number of benzene rings is 2. The molecule has 0 spiro atoms. The summed E-state index contributed by atoms with van der Waals surface area (Å²) in [6, 6.07) is 16.1. The van der Waals surface area contributed by atoms with Crippen LogP contribution in [0.4, 0.5) is 9.93 Å². The van der Waals surface area contributed by atoms with Crippen molar-refractivity contribution >= 4 is 34.4 Å². The Bertz CT molecular complexity index is 1190. The molecular weight excluding hydrogens is 430 g/mol. The molecule has 0 bridgehead atoms. The lowest BCUT2D eigenvalue weighted by Crippen LogP contribution is -2.43. The number of carboxylic acid groups (broad SMARTS) is 1. The number of thiazole rings is 1. The maximum Gasteiger partial charge on any atom is 0.413 e. The molecule has 3 aromatic rings. The number of hydrogen-bond donors (Lipinski definition) is 3. The molecule has 0 aliphatic heterocycles. The molecule has 1 heterocycles. The predicted octanol–water partition coefficient (Wildman–Crippen LogP) is 3.85. The van der Waals surface area contributed by atoms with Gasteiger partial charge >= 0.3 is 12.1 Å². The van der Waals surface area contributed by atoms with Crippen LogP contribution in [0.1, 0.15) is 40.4 Å². The third-order valence-electron chi connectivity index (χ3n) is 5.80. The number of fused-ring (bicyclic) bond motifs is 3. The second kappa shape index (κ2) is 7.76. The maximum atomic E-state index is 12.4. The predicted molar refractivity (Wildman–Crippen MR) is 118 cm³/mol. The summed E-state index contributed by atoms with van der Waals surface area (Å²) < 4.78 is 5.47. The normalized spacial score (nSPS) is 15.4. The zero-order valence-electron chi connectivity index (χ0n) is 16.8. The minimum Gasteiger partial charge on any atom is -0.480 e. The Balaban J connectivity index is 1.21. The Hall–Kier alpha value is -3.72. The quantitative estimate of drug-likeness (QED) is 0.526. The van der Waals surface area contributed by atoms with Crippen molar-refractivity contribution in [1.29, 1.82) is 0 Å². The van der Waals surface area contributed by atoms with Crippen LogP contribution in [0.5, 0.6) is 0 Å². The number of carbonyl (C=O) groups is 3. The molecule has 0 saturated heterocycles. The Morgan fingerprint density at radius 1 is 1.06 bits per heavy atom. The molecule has 2 aliphatic rings. The zero-order valence-corrected chi connectivity index (χ0v) is 17.6. The number of carbonyl (C=O) groups excluding carboxylic acids is 2. The zero-order chi connectivity index (χ0) is 22.3. The van der Waals surface area contributed by atoms with Crippen LogP contribution >= 0.6 is 11.3 Å². The molecule has 3 N–H and O–H groups in total. The molecular formula is C23H19N3O5S. The molecule has 2 amide bonds. The van der Waals surface area contributed by atoms with Gasteiger partial charge in [-0.25, -0.2) is 14.6 Å². The minimum absolute atomic E-state index is 0.0523. The average Bonchev–Trinajstić information content (AvgIpc) is 3.31. The van der Waals surface area contributed by atoms with Crippen molar-refractivity contribution in [2.24, 2.45) is 0 Å². The van der Waals surface area contributed by atoms with E-state index in [2.05, 4.69) is 27.8 Å². The first kappa shape index (κ1) is 20.2. The van der Waals surface area contributed by atoms with Gasteiger partial charge in [0.2, 0.25) is 0 Å². The highest BCUT2D eigenvalue weighted by molar-refractivity contribution is 7.14. The van der Waals surface area contributed by atoms with Crippen molar-refractivity contribution in [2.45, 2.75) is 24.3 Å². The number of amides is 2. The van der Waals surface area contributed by atoms with Crippen LogP contribution in [0.2, 0.25) is 0 Å². The summed E-state index contributed by atoms with van der Waals surface area (Å²) in [5.74, 6) is -1.70. The number of hydrogen-bond acceptors (Lipinski definition) is 6. The number of nitrogens with zero attached hydrogens (tertiary/aromatic N) is 1. The molecule has 8 nitrogen and oxygen atoms in total. The van der Waals surface area contributed by atoms with Gasteiger partial charge in [-0.05, 0) is 35.1 Å². The first-order valence-corrected chi connectivity index (χ1v) is 11.0. The van der Waals surface area contributed by atoms with E-state index < -0.39 is 23.5 Å². The van der Waals surface area contributed by atoms with E-state index in [4.69, 9.17) is 4.74 Å². The SMILES string of the molecule is O=C(Nc1nc(C(=O)NC2(C(=O)O)CC2)cs1)OCC1c2ccccc2-c2ccccc21. The van der Waals surface area contributed by atoms with Gasteiger partial charge in [0, 0.05) is 11.3 Å². The molecule has 5 rings (SSSR count). The topological polar surface area (TPSA) is 118 Å². The summed E-state index contributed by atoms with van der Waals surface area (Å²) in [7, 11) is 0. The van der Waals surface area contributed by atoms with Gasteiger partial charge in [-0.15, -0.1) is 11.3 Å². The summed E-state index contributed by atoms with van der Waals surface area (Å²) in [6.45, 7) is 0.166. The number of ether oxygens (including phenoxy) is 1. The molecule has 0 unspecified atom stereocenters. The van der Waals surface area contributed by atoms with Gasteiger partial charge in [0.25, 0.3) is 5.91 Å². The standard InChI is InChI=1S/C23H19N3O5S/c27-19(26-23(9-10-23)20(28)29)18-12-32-21(24-18)25-22(30)31-11-17-15-7-3-1-5-13(15)14-6-2-4-8-16(14)17/h1-8,12,17H,9-11H2,(H,26,27)(H,28,29)(H,24,25,30). The van der Waals surface area contributed by atoms with Gasteiger partial charge in [0.15, 0.2) is 5.13 Å². The second-order valence-electron chi connectivity index (χ2n) is 7.83. The van der Waals surface area contributed by atoms with Crippen molar-refractivity contribution in [3.05, 3.63) is 70.7 Å². The fourth-order valence-corrected chi connectivity index (χ4v) is 4.63. The molecule has 32 heavy (non-hydrogen) atoms. The highest BCUT2D eigenvalue weighted by atomic mass is 32.1. The number of carboxylic acids is 1. The Morgan fingerprint density at radius 3 is 2.28 bits per heavy atom. The van der Waals surface area contributed by atoms with Crippen molar-refractivity contribution in [2.75, 3.05) is 11.9 Å². The number of anilines is 1. The smallest absolute Gasteiger partial charge is 0.413 e. The van der Waals surface area contributed by atoms with Crippen LogP contribution in [-0.4, -0.2) is 40.2 Å². The molecule has 162 valence electrons. The van der Waals surface area contributed by atoms with Crippen LogP contribution in [0.3, 0.4) is 0 Å². The third-order valence-corrected chi connectivity index (χ3v) is 6.56. The average molecular weight is 449 g/mol. The monoisotopic (exact) mass is 449 g/mol. The number of nitrogens with one attached hydrogen (secondary N) is 2. The minimum atomic E-state index is -1.19. The van der Waals surface area contributed by atoms with Gasteiger partial charge in [0.05, 0.1) is 0 Å². The highest BCUT2D eigenvalue weighted by Crippen LogP contribution is 2.44. The Kier molecular flexibility index (Phi) is 4.90. The van der Waals surface area contributed by atoms with Crippen LogP contribution in [-0.2, 0) is 9.53 Å². The van der Waals surface area contributed by atoms with Crippen LogP contribution in [0.15, 0.2) is 53.9 Å². The summed E-state index contributed by atoms with van der Waals surface area (Å²) in [5, 5.41) is 15.9. The van der Waals surface area contributed by atoms with Crippen LogP contribution < -0.4 is 10.6 Å². The molecule has 0 radical (unpaired) electrons. The molecule has 2 aromatic carbocycles. The third kappa shape index (κ3) is 3.60. The maximum absolute atomic E-state index is 12.4. The van der Waals surface area contributed by atoms with Gasteiger partial charge in [-0.3, -0.25) is 10.1 Å². The van der Waals surface area contributed by atoms with E-state index >= 15 is 0 Å². The van der Waals surface area contributed by atoms with E-state index in [9.17, 15) is 19.5 Å². The van der Waals surface area contributed by atoms with E-state index in [1.165, 1.54) is 5.38 Å². The summed E-state index contributed by atoms with van der Waals surface area (Å²) in [4.78, 5) is 39.9. The van der Waals surface area contributed by atoms with Crippen LogP contribution in [0, 0.1) is 0 Å². The second-order valence-corrected chi connectivity index (χ2v) is 8.69. The number of aromatic nitrogens is 1. The molecule has 1 aromatic heterocycles. The lowest BCUT2D eigenvalue weighted by atomic mass is 9.98. The van der Waals surface area contributed by atoms with Crippen molar-refractivity contribution in [3.8, 4) is 11.1 Å². The lowest BCUT2D eigenvalue weighted by Gasteiger charge is -2.14. The number of aliphatic carboxylic acids is 1. The van der Waals surface area contributed by atoms with E-state index in [0.717, 1.165) is 33.6 Å². The molecule has 0 atom stereocenters. The number of rotatable bonds is 6. The fourth-order valence-electron chi connectivity index (χ4n) is 3.96. The highest BCUT2D eigenvalue weighted by Gasteiger charge is 2.51. The van der Waals surface area contributed by atoms with E-state index in [1.54, 1.807) is 0 Å². The van der Waals surface area contributed by atoms with E-state index in [-0.39, 0.29) is 23.4 Å². The van der Waals surface area contributed by atoms with Gasteiger partial charge in [-0.2, -0.15) is 0 Å². The van der Waals surface area contributed by atoms with E-state index in [1.807, 2.05) is 36.4 Å². The first-order valence-electron chi connectivity index (χ1n) is 10.1. The largest absolute Gasteiger partial charge is 0.480 e. The van der Waals surface area contributed by atoms with E-state index in [0.29, 0.717) is 12.8 Å². The van der Waals surface area contributed by atoms with Crippen molar-refractivity contribution in [3.63, 3.8) is 0 Å². The van der Waals surface area contributed by atoms with Gasteiger partial charge in [-0.1, -0.05) is 48.5 Å². The lowest BCUT2D eigenvalue weighted by molar-refractivity contribution is -0.140.